The Labute approximate surface area is 160 Å². The maximum absolute atomic E-state index is 13.4. The Morgan fingerprint density at radius 3 is 2.63 bits per heavy atom. The number of hydrogen-bond donors (Lipinski definition) is 2. The number of hydrogen-bond acceptors (Lipinski definition) is 4. The SMILES string of the molecule is CC(C)S(=O)(=O)NCC1CCC(Nc2ccn(-c3cccc(F)c3)n2)CC1. The first-order valence-corrected chi connectivity index (χ1v) is 10.9. The van der Waals surface area contributed by atoms with Gasteiger partial charge in [0.05, 0.1) is 10.9 Å². The molecule has 2 N–H and O–H groups in total. The van der Waals surface area contributed by atoms with E-state index in [0.717, 1.165) is 31.5 Å². The second-order valence-corrected chi connectivity index (χ2v) is 9.75. The zero-order chi connectivity index (χ0) is 19.4. The summed E-state index contributed by atoms with van der Waals surface area (Å²) in [6.45, 7) is 3.89. The molecule has 2 aromatic rings. The topological polar surface area (TPSA) is 76.0 Å². The number of rotatable bonds is 7. The third-order valence-electron chi connectivity index (χ3n) is 5.05. The van der Waals surface area contributed by atoms with Crippen LogP contribution in [0.2, 0.25) is 0 Å². The molecule has 0 amide bonds. The van der Waals surface area contributed by atoms with Crippen LogP contribution in [-0.4, -0.2) is 36.0 Å². The van der Waals surface area contributed by atoms with E-state index in [-0.39, 0.29) is 5.82 Å². The van der Waals surface area contributed by atoms with Crippen LogP contribution in [0, 0.1) is 11.7 Å². The van der Waals surface area contributed by atoms with E-state index in [1.807, 2.05) is 18.3 Å². The summed E-state index contributed by atoms with van der Waals surface area (Å²) in [6.07, 6.45) is 5.71. The Hall–Kier alpha value is -1.93. The molecule has 3 rings (SSSR count). The molecule has 1 heterocycles. The van der Waals surface area contributed by atoms with Gasteiger partial charge in [-0.1, -0.05) is 6.07 Å². The Morgan fingerprint density at radius 1 is 1.22 bits per heavy atom. The Bertz CT molecular complexity index is 858. The van der Waals surface area contributed by atoms with Gasteiger partial charge in [-0.3, -0.25) is 0 Å². The Balaban J connectivity index is 1.49. The average Bonchev–Trinajstić information content (AvgIpc) is 3.10. The minimum Gasteiger partial charge on any atom is -0.366 e. The van der Waals surface area contributed by atoms with Gasteiger partial charge in [0.1, 0.15) is 11.6 Å². The van der Waals surface area contributed by atoms with Crippen LogP contribution in [-0.2, 0) is 10.0 Å². The Kier molecular flexibility index (Phi) is 6.16. The molecule has 27 heavy (non-hydrogen) atoms. The minimum absolute atomic E-state index is 0.288. The molecule has 8 heteroatoms. The lowest BCUT2D eigenvalue weighted by Gasteiger charge is -2.29. The molecule has 0 atom stereocenters. The van der Waals surface area contributed by atoms with Gasteiger partial charge in [-0.25, -0.2) is 22.2 Å². The summed E-state index contributed by atoms with van der Waals surface area (Å²) in [5, 5.41) is 7.50. The van der Waals surface area contributed by atoms with E-state index in [9.17, 15) is 12.8 Å². The lowest BCUT2D eigenvalue weighted by Crippen LogP contribution is -2.37. The number of nitrogens with zero attached hydrogens (tertiary/aromatic N) is 2. The first kappa shape index (κ1) is 19.8. The van der Waals surface area contributed by atoms with Gasteiger partial charge in [0.25, 0.3) is 0 Å². The van der Waals surface area contributed by atoms with Gasteiger partial charge < -0.3 is 5.32 Å². The standard InChI is InChI=1S/C19H27FN4O2S/c1-14(2)27(25,26)21-13-15-6-8-17(9-7-15)22-19-10-11-24(23-19)18-5-3-4-16(20)12-18/h3-5,10-12,14-15,17,21H,6-9,13H2,1-2H3,(H,22,23). The summed E-state index contributed by atoms with van der Waals surface area (Å²) in [7, 11) is -3.19. The highest BCUT2D eigenvalue weighted by Crippen LogP contribution is 2.26. The van der Waals surface area contributed by atoms with E-state index in [0.29, 0.717) is 24.2 Å². The van der Waals surface area contributed by atoms with Crippen molar-refractivity contribution >= 4 is 15.8 Å². The normalized spacial score (nSPS) is 20.7. The smallest absolute Gasteiger partial charge is 0.213 e. The van der Waals surface area contributed by atoms with Crippen molar-refractivity contribution in [3.8, 4) is 5.69 Å². The molecule has 1 aliphatic carbocycles. The average molecular weight is 395 g/mol. The van der Waals surface area contributed by atoms with Crippen LogP contribution in [0.15, 0.2) is 36.5 Å². The molecule has 0 spiro atoms. The summed E-state index contributed by atoms with van der Waals surface area (Å²) >= 11 is 0. The van der Waals surface area contributed by atoms with Crippen molar-refractivity contribution in [1.29, 1.82) is 0 Å². The van der Waals surface area contributed by atoms with E-state index in [1.165, 1.54) is 12.1 Å². The van der Waals surface area contributed by atoms with Crippen molar-refractivity contribution in [3.63, 3.8) is 0 Å². The summed E-state index contributed by atoms with van der Waals surface area (Å²) in [4.78, 5) is 0. The zero-order valence-corrected chi connectivity index (χ0v) is 16.5. The van der Waals surface area contributed by atoms with Crippen molar-refractivity contribution < 1.29 is 12.8 Å². The van der Waals surface area contributed by atoms with Crippen LogP contribution in [0.3, 0.4) is 0 Å². The van der Waals surface area contributed by atoms with Gasteiger partial charge in [-0.2, -0.15) is 5.10 Å². The number of anilines is 1. The molecule has 148 valence electrons. The fourth-order valence-electron chi connectivity index (χ4n) is 3.28. The molecule has 1 aromatic carbocycles. The van der Waals surface area contributed by atoms with Crippen LogP contribution in [0.5, 0.6) is 0 Å². The van der Waals surface area contributed by atoms with Gasteiger partial charge >= 0.3 is 0 Å². The zero-order valence-electron chi connectivity index (χ0n) is 15.7. The molecule has 1 fully saturated rings. The highest BCUT2D eigenvalue weighted by molar-refractivity contribution is 7.90. The predicted octanol–water partition coefficient (Wildman–Crippen LogP) is 3.31. The van der Waals surface area contributed by atoms with E-state index >= 15 is 0 Å². The third kappa shape index (κ3) is 5.29. The van der Waals surface area contributed by atoms with Crippen LogP contribution in [0.4, 0.5) is 10.2 Å². The van der Waals surface area contributed by atoms with E-state index in [1.54, 1.807) is 24.6 Å². The Morgan fingerprint density at radius 2 is 1.96 bits per heavy atom. The summed E-state index contributed by atoms with van der Waals surface area (Å²) in [5.41, 5.74) is 0.684. The molecule has 0 saturated heterocycles. The summed E-state index contributed by atoms with van der Waals surface area (Å²) < 4.78 is 41.4. The molecule has 0 radical (unpaired) electrons. The molecule has 6 nitrogen and oxygen atoms in total. The van der Waals surface area contributed by atoms with Crippen LogP contribution < -0.4 is 10.0 Å². The largest absolute Gasteiger partial charge is 0.366 e. The summed E-state index contributed by atoms with van der Waals surface area (Å²) in [5.74, 6) is 0.855. The molecule has 0 unspecified atom stereocenters. The number of sulfonamides is 1. The second kappa shape index (κ2) is 8.39. The molecule has 0 bridgehead atoms. The van der Waals surface area contributed by atoms with Crippen molar-refractivity contribution in [2.45, 2.75) is 50.8 Å². The molecule has 0 aliphatic heterocycles. The second-order valence-electron chi connectivity index (χ2n) is 7.43. The van der Waals surface area contributed by atoms with Crippen LogP contribution in [0.25, 0.3) is 5.69 Å². The highest BCUT2D eigenvalue weighted by Gasteiger charge is 2.24. The van der Waals surface area contributed by atoms with E-state index in [2.05, 4.69) is 15.1 Å². The molecule has 1 aliphatic rings. The van der Waals surface area contributed by atoms with Gasteiger partial charge in [-0.15, -0.1) is 0 Å². The monoisotopic (exact) mass is 394 g/mol. The number of halogens is 1. The van der Waals surface area contributed by atoms with Crippen molar-refractivity contribution in [2.24, 2.45) is 5.92 Å². The number of benzene rings is 1. The van der Waals surface area contributed by atoms with Gasteiger partial charge in [0.2, 0.25) is 10.0 Å². The van der Waals surface area contributed by atoms with Crippen LogP contribution in [0.1, 0.15) is 39.5 Å². The molecular formula is C19H27FN4O2S. The van der Waals surface area contributed by atoms with Gasteiger partial charge in [-0.05, 0) is 63.6 Å². The maximum Gasteiger partial charge on any atom is 0.213 e. The highest BCUT2D eigenvalue weighted by atomic mass is 32.2. The molecule has 1 aromatic heterocycles. The first-order chi connectivity index (χ1) is 12.8. The molecular weight excluding hydrogens is 367 g/mol. The first-order valence-electron chi connectivity index (χ1n) is 9.40. The maximum atomic E-state index is 13.4. The lowest BCUT2D eigenvalue weighted by molar-refractivity contribution is 0.336. The summed E-state index contributed by atoms with van der Waals surface area (Å²) in [6, 6.07) is 8.52. The van der Waals surface area contributed by atoms with E-state index in [4.69, 9.17) is 0 Å². The number of nitrogens with one attached hydrogen (secondary N) is 2. The van der Waals surface area contributed by atoms with Crippen molar-refractivity contribution in [3.05, 3.63) is 42.3 Å². The fourth-order valence-corrected chi connectivity index (χ4v) is 4.09. The number of aromatic nitrogens is 2. The quantitative estimate of drug-likeness (QED) is 0.755. The minimum atomic E-state index is -3.19. The van der Waals surface area contributed by atoms with Crippen molar-refractivity contribution in [1.82, 2.24) is 14.5 Å². The third-order valence-corrected chi connectivity index (χ3v) is 6.86. The van der Waals surface area contributed by atoms with Gasteiger partial charge in [0, 0.05) is 24.8 Å². The van der Waals surface area contributed by atoms with Gasteiger partial charge in [0.15, 0.2) is 0 Å². The molecule has 1 saturated carbocycles. The van der Waals surface area contributed by atoms with E-state index < -0.39 is 15.3 Å². The predicted molar refractivity (Wildman–Crippen MR) is 105 cm³/mol. The fraction of sp³-hybridized carbons (Fsp3) is 0.526. The van der Waals surface area contributed by atoms with Crippen molar-refractivity contribution in [2.75, 3.05) is 11.9 Å². The lowest BCUT2D eigenvalue weighted by atomic mass is 9.86. The van der Waals surface area contributed by atoms with Crippen LogP contribution >= 0.6 is 0 Å².